The maximum absolute atomic E-state index is 13.0. The normalized spacial score (nSPS) is 12.5. The van der Waals surface area contributed by atoms with Crippen LogP contribution >= 0.6 is 0 Å². The summed E-state index contributed by atoms with van der Waals surface area (Å²) in [7, 11) is -3.75. The molecule has 0 heterocycles. The summed E-state index contributed by atoms with van der Waals surface area (Å²) in [6.07, 6.45) is 0. The van der Waals surface area contributed by atoms with Crippen molar-refractivity contribution in [1.82, 2.24) is 5.32 Å². The average molecular weight is 352 g/mol. The molecule has 0 bridgehead atoms. The highest BCUT2D eigenvalue weighted by Crippen LogP contribution is 2.16. The van der Waals surface area contributed by atoms with E-state index in [-0.39, 0.29) is 29.2 Å². The Bertz CT molecular complexity index is 822. The number of nitrogens with two attached hydrogens (primary N) is 1. The maximum Gasteiger partial charge on any atom is 0.258 e. The van der Waals surface area contributed by atoms with E-state index in [4.69, 9.17) is 9.88 Å². The van der Waals surface area contributed by atoms with Crippen molar-refractivity contribution >= 4 is 15.9 Å². The Morgan fingerprint density at radius 3 is 2.50 bits per heavy atom. The lowest BCUT2D eigenvalue weighted by Gasteiger charge is -2.15. The van der Waals surface area contributed by atoms with Gasteiger partial charge in [-0.05, 0) is 36.8 Å². The van der Waals surface area contributed by atoms with Gasteiger partial charge in [-0.15, -0.1) is 0 Å². The Morgan fingerprint density at radius 2 is 1.92 bits per heavy atom. The van der Waals surface area contributed by atoms with Gasteiger partial charge in [0.05, 0.1) is 10.9 Å². The summed E-state index contributed by atoms with van der Waals surface area (Å²) in [5.41, 5.74) is 0.710. The SMILES string of the molecule is CC(NC(=O)COc1cccc(F)c1)c1ccc(S(N)(=O)=O)cc1. The smallest absolute Gasteiger partial charge is 0.258 e. The molecule has 3 N–H and O–H groups in total. The van der Waals surface area contributed by atoms with E-state index >= 15 is 0 Å². The molecule has 6 nitrogen and oxygen atoms in total. The third-order valence-electron chi connectivity index (χ3n) is 3.25. The maximum atomic E-state index is 13.0. The predicted octanol–water partition coefficient (Wildman–Crippen LogP) is 1.73. The van der Waals surface area contributed by atoms with Gasteiger partial charge < -0.3 is 10.1 Å². The number of rotatable bonds is 6. The molecule has 2 aromatic carbocycles. The van der Waals surface area contributed by atoms with Crippen LogP contribution in [0.25, 0.3) is 0 Å². The minimum atomic E-state index is -3.75. The van der Waals surface area contributed by atoms with Crippen LogP contribution in [0.5, 0.6) is 5.75 Å². The average Bonchev–Trinajstić information content (AvgIpc) is 2.52. The predicted molar refractivity (Wildman–Crippen MR) is 86.3 cm³/mol. The fourth-order valence-corrected chi connectivity index (χ4v) is 2.53. The quantitative estimate of drug-likeness (QED) is 0.827. The Kier molecular flexibility index (Phi) is 5.53. The van der Waals surface area contributed by atoms with Gasteiger partial charge in [-0.1, -0.05) is 18.2 Å². The number of sulfonamides is 1. The van der Waals surface area contributed by atoms with Gasteiger partial charge in [0.1, 0.15) is 11.6 Å². The fourth-order valence-electron chi connectivity index (χ4n) is 2.02. The first-order chi connectivity index (χ1) is 11.3. The second kappa shape index (κ2) is 7.41. The molecular formula is C16H17FN2O4S. The second-order valence-corrected chi connectivity index (χ2v) is 6.71. The van der Waals surface area contributed by atoms with Crippen molar-refractivity contribution in [2.75, 3.05) is 6.61 Å². The molecule has 0 aliphatic rings. The molecule has 8 heteroatoms. The van der Waals surface area contributed by atoms with E-state index in [1.165, 1.54) is 30.3 Å². The van der Waals surface area contributed by atoms with E-state index in [1.807, 2.05) is 0 Å². The van der Waals surface area contributed by atoms with Crippen LogP contribution in [-0.4, -0.2) is 20.9 Å². The molecule has 0 saturated carbocycles. The molecule has 128 valence electrons. The first-order valence-corrected chi connectivity index (χ1v) is 8.61. The lowest BCUT2D eigenvalue weighted by molar-refractivity contribution is -0.123. The summed E-state index contributed by atoms with van der Waals surface area (Å²) in [6.45, 7) is 1.48. The lowest BCUT2D eigenvalue weighted by Crippen LogP contribution is -2.31. The number of primary sulfonamides is 1. The van der Waals surface area contributed by atoms with Crippen LogP contribution in [0, 0.1) is 5.82 Å². The number of hydrogen-bond donors (Lipinski definition) is 2. The summed E-state index contributed by atoms with van der Waals surface area (Å²) >= 11 is 0. The van der Waals surface area contributed by atoms with E-state index in [1.54, 1.807) is 25.1 Å². The molecule has 1 unspecified atom stereocenters. The minimum Gasteiger partial charge on any atom is -0.484 e. The fraction of sp³-hybridized carbons (Fsp3) is 0.188. The van der Waals surface area contributed by atoms with Gasteiger partial charge in [-0.3, -0.25) is 4.79 Å². The zero-order chi connectivity index (χ0) is 17.7. The molecule has 0 spiro atoms. The first kappa shape index (κ1) is 17.9. The molecule has 0 saturated heterocycles. The van der Waals surface area contributed by atoms with Gasteiger partial charge in [0.2, 0.25) is 10.0 Å². The molecular weight excluding hydrogens is 335 g/mol. The Balaban J connectivity index is 1.91. The van der Waals surface area contributed by atoms with Crippen LogP contribution in [-0.2, 0) is 14.8 Å². The number of carbonyl (C=O) groups is 1. The first-order valence-electron chi connectivity index (χ1n) is 7.06. The van der Waals surface area contributed by atoms with Crippen molar-refractivity contribution < 1.29 is 22.3 Å². The Hall–Kier alpha value is -2.45. The van der Waals surface area contributed by atoms with Gasteiger partial charge in [-0.25, -0.2) is 17.9 Å². The van der Waals surface area contributed by atoms with Crippen LogP contribution in [0.2, 0.25) is 0 Å². The van der Waals surface area contributed by atoms with E-state index in [2.05, 4.69) is 5.32 Å². The van der Waals surface area contributed by atoms with Gasteiger partial charge in [0, 0.05) is 6.07 Å². The zero-order valence-corrected chi connectivity index (χ0v) is 13.7. The topological polar surface area (TPSA) is 98.5 Å². The number of nitrogens with one attached hydrogen (secondary N) is 1. The molecule has 1 atom stereocenters. The van der Waals surface area contributed by atoms with Crippen LogP contribution in [0.1, 0.15) is 18.5 Å². The number of carbonyl (C=O) groups excluding carboxylic acids is 1. The van der Waals surface area contributed by atoms with Crippen molar-refractivity contribution in [2.24, 2.45) is 5.14 Å². The molecule has 2 aromatic rings. The van der Waals surface area contributed by atoms with Crippen LogP contribution in [0.3, 0.4) is 0 Å². The molecule has 0 aliphatic heterocycles. The number of benzene rings is 2. The zero-order valence-electron chi connectivity index (χ0n) is 12.9. The summed E-state index contributed by atoms with van der Waals surface area (Å²) in [4.78, 5) is 11.9. The van der Waals surface area contributed by atoms with Crippen molar-refractivity contribution in [2.45, 2.75) is 17.9 Å². The van der Waals surface area contributed by atoms with E-state index in [0.717, 1.165) is 0 Å². The molecule has 0 aromatic heterocycles. The monoisotopic (exact) mass is 352 g/mol. The summed E-state index contributed by atoms with van der Waals surface area (Å²) in [6, 6.07) is 11.0. The Morgan fingerprint density at radius 1 is 1.25 bits per heavy atom. The molecule has 0 radical (unpaired) electrons. The third-order valence-corrected chi connectivity index (χ3v) is 4.18. The molecule has 24 heavy (non-hydrogen) atoms. The highest BCUT2D eigenvalue weighted by Gasteiger charge is 2.12. The highest BCUT2D eigenvalue weighted by molar-refractivity contribution is 7.89. The van der Waals surface area contributed by atoms with E-state index in [0.29, 0.717) is 5.56 Å². The summed E-state index contributed by atoms with van der Waals surface area (Å²) < 4.78 is 40.6. The van der Waals surface area contributed by atoms with Gasteiger partial charge in [0.15, 0.2) is 6.61 Å². The number of halogens is 1. The highest BCUT2D eigenvalue weighted by atomic mass is 32.2. The molecule has 2 rings (SSSR count). The Labute approximate surface area is 139 Å². The molecule has 0 fully saturated rings. The lowest BCUT2D eigenvalue weighted by atomic mass is 10.1. The largest absolute Gasteiger partial charge is 0.484 e. The number of amides is 1. The van der Waals surface area contributed by atoms with E-state index < -0.39 is 15.8 Å². The van der Waals surface area contributed by atoms with Crippen molar-refractivity contribution in [3.63, 3.8) is 0 Å². The minimum absolute atomic E-state index is 0.000728. The van der Waals surface area contributed by atoms with E-state index in [9.17, 15) is 17.6 Å². The third kappa shape index (κ3) is 5.04. The van der Waals surface area contributed by atoms with Crippen molar-refractivity contribution in [1.29, 1.82) is 0 Å². The molecule has 0 aliphatic carbocycles. The van der Waals surface area contributed by atoms with Crippen molar-refractivity contribution in [3.05, 3.63) is 59.9 Å². The van der Waals surface area contributed by atoms with Gasteiger partial charge in [0.25, 0.3) is 5.91 Å². The van der Waals surface area contributed by atoms with Crippen molar-refractivity contribution in [3.8, 4) is 5.75 Å². The van der Waals surface area contributed by atoms with Gasteiger partial charge >= 0.3 is 0 Å². The standard InChI is InChI=1S/C16H17FN2O4S/c1-11(12-5-7-15(8-6-12)24(18,21)22)19-16(20)10-23-14-4-2-3-13(17)9-14/h2-9,11H,10H2,1H3,(H,19,20)(H2,18,21,22). The summed E-state index contributed by atoms with van der Waals surface area (Å²) in [5, 5.41) is 7.73. The van der Waals surface area contributed by atoms with Crippen LogP contribution in [0.15, 0.2) is 53.4 Å². The number of ether oxygens (including phenoxy) is 1. The second-order valence-electron chi connectivity index (χ2n) is 5.15. The van der Waals surface area contributed by atoms with Crippen LogP contribution < -0.4 is 15.2 Å². The number of hydrogen-bond acceptors (Lipinski definition) is 4. The van der Waals surface area contributed by atoms with Crippen LogP contribution in [0.4, 0.5) is 4.39 Å². The van der Waals surface area contributed by atoms with Gasteiger partial charge in [-0.2, -0.15) is 0 Å². The summed E-state index contributed by atoms with van der Waals surface area (Å²) in [5.74, 6) is -0.575. The molecule has 1 amide bonds.